The highest BCUT2D eigenvalue weighted by atomic mass is 16.5. The molecule has 0 aliphatic carbocycles. The van der Waals surface area contributed by atoms with Crippen molar-refractivity contribution in [2.45, 2.75) is 32.4 Å². The molecular weight excluding hydrogens is 372 g/mol. The summed E-state index contributed by atoms with van der Waals surface area (Å²) in [4.78, 5) is 21.0. The summed E-state index contributed by atoms with van der Waals surface area (Å²) < 4.78 is 16.5. The number of carbonyl (C=O) groups is 1. The number of guanidine groups is 1. The number of hydrogen-bond donors (Lipinski definition) is 1. The Morgan fingerprint density at radius 2 is 2.00 bits per heavy atom. The van der Waals surface area contributed by atoms with Crippen molar-refractivity contribution in [2.24, 2.45) is 4.99 Å². The number of carbonyl (C=O) groups excluding carboxylic acids is 1. The van der Waals surface area contributed by atoms with Gasteiger partial charge in [0.15, 0.2) is 17.5 Å². The number of aliphatic imine (C=N–C) groups is 1. The number of nitrogens with zero attached hydrogens (tertiary/aromatic N) is 3. The van der Waals surface area contributed by atoms with E-state index in [0.29, 0.717) is 32.8 Å². The summed E-state index contributed by atoms with van der Waals surface area (Å²) in [7, 11) is 3.43. The molecule has 1 N–H and O–H groups in total. The normalized spacial score (nSPS) is 20.0. The fourth-order valence-corrected chi connectivity index (χ4v) is 3.72. The number of methoxy groups -OCH3 is 1. The standard InChI is InChI=1S/C21H32N4O4/c1-4-28-17-8-7-16(14-19(17)27-3)15-23-21(22-2)25-11-9-24(10-12-25)20(26)18-6-5-13-29-18/h7-8,14,18H,4-6,9-13,15H2,1-3H3,(H,22,23). The summed E-state index contributed by atoms with van der Waals surface area (Å²) in [6.07, 6.45) is 1.57. The van der Waals surface area contributed by atoms with Gasteiger partial charge in [-0.1, -0.05) is 6.07 Å². The molecule has 0 saturated carbocycles. The van der Waals surface area contributed by atoms with E-state index < -0.39 is 0 Å². The molecule has 1 amide bonds. The van der Waals surface area contributed by atoms with Gasteiger partial charge in [-0.3, -0.25) is 9.79 Å². The van der Waals surface area contributed by atoms with Crippen molar-refractivity contribution < 1.29 is 19.0 Å². The summed E-state index contributed by atoms with van der Waals surface area (Å²) in [6.45, 7) is 6.77. The molecule has 1 unspecified atom stereocenters. The van der Waals surface area contributed by atoms with Crippen molar-refractivity contribution in [1.29, 1.82) is 0 Å². The van der Waals surface area contributed by atoms with Gasteiger partial charge < -0.3 is 29.3 Å². The van der Waals surface area contributed by atoms with E-state index in [1.54, 1.807) is 14.2 Å². The Labute approximate surface area is 172 Å². The third kappa shape index (κ3) is 5.32. The maximum Gasteiger partial charge on any atom is 0.251 e. The molecule has 1 aromatic rings. The maximum atomic E-state index is 12.5. The van der Waals surface area contributed by atoms with Crippen molar-refractivity contribution in [3.63, 3.8) is 0 Å². The second kappa shape index (κ2) is 10.3. The van der Waals surface area contributed by atoms with Gasteiger partial charge in [0.05, 0.1) is 13.7 Å². The molecule has 2 heterocycles. The zero-order valence-corrected chi connectivity index (χ0v) is 17.6. The lowest BCUT2D eigenvalue weighted by Gasteiger charge is -2.37. The average Bonchev–Trinajstić information content (AvgIpc) is 3.30. The Morgan fingerprint density at radius 3 is 2.62 bits per heavy atom. The molecule has 3 rings (SSSR count). The van der Waals surface area contributed by atoms with Crippen molar-refractivity contribution in [1.82, 2.24) is 15.1 Å². The first-order chi connectivity index (χ1) is 14.2. The topological polar surface area (TPSA) is 75.6 Å². The molecule has 0 spiro atoms. The lowest BCUT2D eigenvalue weighted by atomic mass is 10.2. The van der Waals surface area contributed by atoms with Crippen LogP contribution in [0, 0.1) is 0 Å². The highest BCUT2D eigenvalue weighted by Gasteiger charge is 2.30. The lowest BCUT2D eigenvalue weighted by molar-refractivity contribution is -0.142. The van der Waals surface area contributed by atoms with Crippen LogP contribution in [0.15, 0.2) is 23.2 Å². The molecule has 2 aliphatic rings. The molecule has 29 heavy (non-hydrogen) atoms. The molecule has 2 aliphatic heterocycles. The van der Waals surface area contributed by atoms with Crippen molar-refractivity contribution in [2.75, 3.05) is 53.6 Å². The van der Waals surface area contributed by atoms with Crippen molar-refractivity contribution in [3.8, 4) is 11.5 Å². The molecule has 0 bridgehead atoms. The number of piperazine rings is 1. The largest absolute Gasteiger partial charge is 0.493 e. The van der Waals surface area contributed by atoms with Crippen LogP contribution >= 0.6 is 0 Å². The molecule has 8 nitrogen and oxygen atoms in total. The monoisotopic (exact) mass is 404 g/mol. The van der Waals surface area contributed by atoms with E-state index in [-0.39, 0.29) is 12.0 Å². The van der Waals surface area contributed by atoms with Gasteiger partial charge in [0, 0.05) is 46.4 Å². The van der Waals surface area contributed by atoms with Crippen LogP contribution in [0.1, 0.15) is 25.3 Å². The van der Waals surface area contributed by atoms with E-state index in [0.717, 1.165) is 49.0 Å². The first kappa shape index (κ1) is 21.2. The highest BCUT2D eigenvalue weighted by molar-refractivity contribution is 5.82. The third-order valence-corrected chi connectivity index (χ3v) is 5.29. The van der Waals surface area contributed by atoms with Crippen LogP contribution in [0.4, 0.5) is 0 Å². The van der Waals surface area contributed by atoms with Gasteiger partial charge in [0.2, 0.25) is 0 Å². The average molecular weight is 405 g/mol. The quantitative estimate of drug-likeness (QED) is 0.572. The molecule has 1 aromatic carbocycles. The van der Waals surface area contributed by atoms with Gasteiger partial charge in [0.1, 0.15) is 6.10 Å². The Bertz CT molecular complexity index is 711. The van der Waals surface area contributed by atoms with Gasteiger partial charge >= 0.3 is 0 Å². The summed E-state index contributed by atoms with van der Waals surface area (Å²) >= 11 is 0. The first-order valence-electron chi connectivity index (χ1n) is 10.3. The number of benzene rings is 1. The Kier molecular flexibility index (Phi) is 7.57. The van der Waals surface area contributed by atoms with Crippen LogP contribution in [0.25, 0.3) is 0 Å². The molecule has 2 fully saturated rings. The molecule has 0 aromatic heterocycles. The molecule has 2 saturated heterocycles. The van der Waals surface area contributed by atoms with E-state index in [1.807, 2.05) is 30.0 Å². The third-order valence-electron chi connectivity index (χ3n) is 5.29. The predicted molar refractivity (Wildman–Crippen MR) is 111 cm³/mol. The van der Waals surface area contributed by atoms with Gasteiger partial charge in [-0.15, -0.1) is 0 Å². The fourth-order valence-electron chi connectivity index (χ4n) is 3.72. The molecule has 8 heteroatoms. The van der Waals surface area contributed by atoms with E-state index in [4.69, 9.17) is 14.2 Å². The Hall–Kier alpha value is -2.48. The summed E-state index contributed by atoms with van der Waals surface area (Å²) in [5.41, 5.74) is 1.08. The van der Waals surface area contributed by atoms with Crippen molar-refractivity contribution >= 4 is 11.9 Å². The number of ether oxygens (including phenoxy) is 3. The molecular formula is C21H32N4O4. The highest BCUT2D eigenvalue weighted by Crippen LogP contribution is 2.28. The summed E-state index contributed by atoms with van der Waals surface area (Å²) in [6, 6.07) is 5.92. The summed E-state index contributed by atoms with van der Waals surface area (Å²) in [5, 5.41) is 3.41. The van der Waals surface area contributed by atoms with E-state index in [9.17, 15) is 4.79 Å². The number of hydrogen-bond acceptors (Lipinski definition) is 5. The SMILES string of the molecule is CCOc1ccc(CNC(=NC)N2CCN(C(=O)C3CCCO3)CC2)cc1OC. The zero-order chi connectivity index (χ0) is 20.6. The minimum absolute atomic E-state index is 0.131. The Balaban J connectivity index is 1.51. The van der Waals surface area contributed by atoms with Gasteiger partial charge in [-0.25, -0.2) is 0 Å². The molecule has 1 atom stereocenters. The van der Waals surface area contributed by atoms with Crippen LogP contribution in [0.3, 0.4) is 0 Å². The van der Waals surface area contributed by atoms with Crippen LogP contribution in [-0.2, 0) is 16.1 Å². The van der Waals surface area contributed by atoms with Gasteiger partial charge in [0.25, 0.3) is 5.91 Å². The maximum absolute atomic E-state index is 12.5. The van der Waals surface area contributed by atoms with E-state index in [1.165, 1.54) is 0 Å². The van der Waals surface area contributed by atoms with E-state index in [2.05, 4.69) is 15.2 Å². The minimum atomic E-state index is -0.242. The van der Waals surface area contributed by atoms with E-state index >= 15 is 0 Å². The molecule has 0 radical (unpaired) electrons. The number of rotatable bonds is 6. The second-order valence-corrected chi connectivity index (χ2v) is 7.13. The van der Waals surface area contributed by atoms with Crippen LogP contribution in [0.5, 0.6) is 11.5 Å². The van der Waals surface area contributed by atoms with Crippen LogP contribution in [-0.4, -0.2) is 81.3 Å². The molecule has 160 valence electrons. The van der Waals surface area contributed by atoms with Crippen LogP contribution in [0.2, 0.25) is 0 Å². The van der Waals surface area contributed by atoms with Crippen LogP contribution < -0.4 is 14.8 Å². The predicted octanol–water partition coefficient (Wildman–Crippen LogP) is 1.49. The summed E-state index contributed by atoms with van der Waals surface area (Å²) in [5.74, 6) is 2.44. The smallest absolute Gasteiger partial charge is 0.251 e. The number of nitrogens with one attached hydrogen (secondary N) is 1. The number of amides is 1. The zero-order valence-electron chi connectivity index (χ0n) is 17.6. The Morgan fingerprint density at radius 1 is 1.24 bits per heavy atom. The lowest BCUT2D eigenvalue weighted by Crippen LogP contribution is -2.55. The second-order valence-electron chi connectivity index (χ2n) is 7.13. The van der Waals surface area contributed by atoms with Gasteiger partial charge in [-0.05, 0) is 37.5 Å². The fraction of sp³-hybridized carbons (Fsp3) is 0.619. The minimum Gasteiger partial charge on any atom is -0.493 e. The van der Waals surface area contributed by atoms with Gasteiger partial charge in [-0.2, -0.15) is 0 Å². The van der Waals surface area contributed by atoms with Crippen molar-refractivity contribution in [3.05, 3.63) is 23.8 Å². The first-order valence-corrected chi connectivity index (χ1v) is 10.3.